The van der Waals surface area contributed by atoms with Crippen molar-refractivity contribution in [2.24, 2.45) is 0 Å². The Morgan fingerprint density at radius 3 is 2.95 bits per heavy atom. The van der Waals surface area contributed by atoms with Gasteiger partial charge in [-0.1, -0.05) is 27.7 Å². The van der Waals surface area contributed by atoms with E-state index in [1.807, 2.05) is 18.2 Å². The molecule has 7 heteroatoms. The number of rotatable bonds is 4. The fourth-order valence-electron chi connectivity index (χ4n) is 1.46. The largest absolute Gasteiger partial charge is 0.497 e. The number of nitrogens with two attached hydrogens (primary N) is 1. The Morgan fingerprint density at radius 2 is 2.26 bits per heavy atom. The van der Waals surface area contributed by atoms with Crippen LogP contribution in [0.1, 0.15) is 5.56 Å². The maximum atomic E-state index is 11.3. The molecular formula is C12H12BrN3O2S. The maximum Gasteiger partial charge on any atom is 0.253 e. The highest BCUT2D eigenvalue weighted by Crippen LogP contribution is 2.28. The van der Waals surface area contributed by atoms with Crippen LogP contribution in [0.4, 0.5) is 5.82 Å². The number of ether oxygens (including phenoxy) is 1. The second-order valence-electron chi connectivity index (χ2n) is 3.72. The second-order valence-corrected chi connectivity index (χ2v) is 5.54. The minimum atomic E-state index is -0.250. The molecule has 1 heterocycles. The van der Waals surface area contributed by atoms with E-state index in [0.717, 1.165) is 15.8 Å². The average molecular weight is 342 g/mol. The number of anilines is 1. The van der Waals surface area contributed by atoms with Crippen molar-refractivity contribution >= 4 is 33.5 Å². The second kappa shape index (κ2) is 6.12. The van der Waals surface area contributed by atoms with Crippen molar-refractivity contribution in [3.63, 3.8) is 0 Å². The number of nitrogen functional groups attached to an aromatic ring is 1. The van der Waals surface area contributed by atoms with Crippen LogP contribution in [0.15, 0.2) is 38.7 Å². The number of hydrogen-bond donors (Lipinski definition) is 2. The van der Waals surface area contributed by atoms with Gasteiger partial charge in [-0.15, -0.1) is 0 Å². The van der Waals surface area contributed by atoms with Crippen molar-refractivity contribution in [2.75, 3.05) is 12.8 Å². The smallest absolute Gasteiger partial charge is 0.253 e. The monoisotopic (exact) mass is 341 g/mol. The van der Waals surface area contributed by atoms with E-state index in [1.54, 1.807) is 7.11 Å². The molecule has 2 aromatic rings. The minimum absolute atomic E-state index is 0.218. The topological polar surface area (TPSA) is 81.0 Å². The maximum absolute atomic E-state index is 11.3. The lowest BCUT2D eigenvalue weighted by molar-refractivity contribution is 0.414. The summed E-state index contributed by atoms with van der Waals surface area (Å²) in [5.41, 5.74) is 6.33. The Hall–Kier alpha value is -1.47. The number of benzene rings is 1. The van der Waals surface area contributed by atoms with Crippen molar-refractivity contribution in [2.45, 2.75) is 10.9 Å². The van der Waals surface area contributed by atoms with Gasteiger partial charge in [-0.25, -0.2) is 4.98 Å². The van der Waals surface area contributed by atoms with Gasteiger partial charge >= 0.3 is 0 Å². The first-order valence-electron chi connectivity index (χ1n) is 5.40. The quantitative estimate of drug-likeness (QED) is 0.659. The molecule has 0 saturated carbocycles. The van der Waals surface area contributed by atoms with Gasteiger partial charge in [0.2, 0.25) is 0 Å². The zero-order valence-corrected chi connectivity index (χ0v) is 12.5. The first-order chi connectivity index (χ1) is 9.08. The van der Waals surface area contributed by atoms with Crippen LogP contribution in [0, 0.1) is 0 Å². The summed E-state index contributed by atoms with van der Waals surface area (Å²) in [5, 5.41) is 0.500. The van der Waals surface area contributed by atoms with E-state index in [0.29, 0.717) is 10.9 Å². The number of aromatic nitrogens is 2. The van der Waals surface area contributed by atoms with Gasteiger partial charge in [-0.05, 0) is 23.8 Å². The van der Waals surface area contributed by atoms with Crippen LogP contribution in [-0.2, 0) is 5.75 Å². The number of aromatic amines is 1. The number of halogens is 1. The van der Waals surface area contributed by atoms with Gasteiger partial charge in [-0.2, -0.15) is 0 Å². The first-order valence-corrected chi connectivity index (χ1v) is 7.18. The number of thioether (sulfide) groups is 1. The van der Waals surface area contributed by atoms with Crippen LogP contribution < -0.4 is 16.0 Å². The summed E-state index contributed by atoms with van der Waals surface area (Å²) in [5.74, 6) is 1.65. The SMILES string of the molecule is COc1ccc(Br)c(CSc2nc(N)cc(=O)[nH]2)c1. The zero-order chi connectivity index (χ0) is 13.8. The Labute approximate surface area is 122 Å². The average Bonchev–Trinajstić information content (AvgIpc) is 2.37. The molecule has 1 aromatic carbocycles. The molecule has 0 aliphatic carbocycles. The summed E-state index contributed by atoms with van der Waals surface area (Å²) in [6.45, 7) is 0. The zero-order valence-electron chi connectivity index (χ0n) is 10.1. The molecule has 2 rings (SSSR count). The number of H-pyrrole nitrogens is 1. The van der Waals surface area contributed by atoms with Gasteiger partial charge in [0, 0.05) is 16.3 Å². The lowest BCUT2D eigenvalue weighted by Gasteiger charge is -2.07. The van der Waals surface area contributed by atoms with E-state index in [4.69, 9.17) is 10.5 Å². The first kappa shape index (κ1) is 14.0. The third-order valence-corrected chi connectivity index (χ3v) is 4.05. The molecule has 0 aliphatic heterocycles. The van der Waals surface area contributed by atoms with E-state index < -0.39 is 0 Å². The lowest BCUT2D eigenvalue weighted by Crippen LogP contribution is -2.09. The van der Waals surface area contributed by atoms with Crippen LogP contribution in [0.25, 0.3) is 0 Å². The third-order valence-electron chi connectivity index (χ3n) is 2.36. The molecule has 0 saturated heterocycles. The summed E-state index contributed by atoms with van der Waals surface area (Å²) >= 11 is 4.88. The highest BCUT2D eigenvalue weighted by molar-refractivity contribution is 9.10. The summed E-state index contributed by atoms with van der Waals surface area (Å²) in [6, 6.07) is 6.98. The van der Waals surface area contributed by atoms with Crippen LogP contribution in [-0.4, -0.2) is 17.1 Å². The molecule has 0 radical (unpaired) electrons. The number of nitrogens with zero attached hydrogens (tertiary/aromatic N) is 1. The minimum Gasteiger partial charge on any atom is -0.497 e. The predicted molar refractivity (Wildman–Crippen MR) is 79.5 cm³/mol. The normalized spacial score (nSPS) is 10.4. The lowest BCUT2D eigenvalue weighted by atomic mass is 10.2. The highest BCUT2D eigenvalue weighted by Gasteiger charge is 2.05. The van der Waals surface area contributed by atoms with Crippen molar-refractivity contribution in [1.29, 1.82) is 0 Å². The number of nitrogens with one attached hydrogen (secondary N) is 1. The Bertz CT molecular complexity index is 645. The van der Waals surface area contributed by atoms with Crippen molar-refractivity contribution < 1.29 is 4.74 Å². The van der Waals surface area contributed by atoms with Gasteiger partial charge in [0.05, 0.1) is 7.11 Å². The molecule has 0 unspecified atom stereocenters. The molecule has 0 aliphatic rings. The molecule has 100 valence electrons. The van der Waals surface area contributed by atoms with E-state index >= 15 is 0 Å². The van der Waals surface area contributed by atoms with Gasteiger partial charge in [0.1, 0.15) is 11.6 Å². The Balaban J connectivity index is 2.16. The fourth-order valence-corrected chi connectivity index (χ4v) is 2.90. The third kappa shape index (κ3) is 3.74. The molecule has 5 nitrogen and oxygen atoms in total. The van der Waals surface area contributed by atoms with E-state index in [1.165, 1.54) is 17.8 Å². The molecule has 0 spiro atoms. The van der Waals surface area contributed by atoms with Crippen molar-refractivity contribution in [1.82, 2.24) is 9.97 Å². The van der Waals surface area contributed by atoms with E-state index in [9.17, 15) is 4.79 Å². The van der Waals surface area contributed by atoms with Crippen LogP contribution in [0.2, 0.25) is 0 Å². The summed E-state index contributed by atoms with van der Waals surface area (Å²) in [6.07, 6.45) is 0. The summed E-state index contributed by atoms with van der Waals surface area (Å²) in [4.78, 5) is 18.0. The molecule has 0 fully saturated rings. The fraction of sp³-hybridized carbons (Fsp3) is 0.167. The molecule has 0 amide bonds. The van der Waals surface area contributed by atoms with Crippen molar-refractivity contribution in [3.8, 4) is 5.75 Å². The Kier molecular flexibility index (Phi) is 4.49. The molecule has 0 bridgehead atoms. The Morgan fingerprint density at radius 1 is 1.47 bits per heavy atom. The van der Waals surface area contributed by atoms with Gasteiger partial charge < -0.3 is 15.5 Å². The van der Waals surface area contributed by atoms with Crippen LogP contribution in [0.5, 0.6) is 5.75 Å². The number of hydrogen-bond acceptors (Lipinski definition) is 5. The summed E-state index contributed by atoms with van der Waals surface area (Å²) < 4.78 is 6.16. The van der Waals surface area contributed by atoms with Crippen LogP contribution in [0.3, 0.4) is 0 Å². The van der Waals surface area contributed by atoms with Gasteiger partial charge in [-0.3, -0.25) is 4.79 Å². The van der Waals surface area contributed by atoms with Crippen molar-refractivity contribution in [3.05, 3.63) is 44.7 Å². The molecular weight excluding hydrogens is 330 g/mol. The van der Waals surface area contributed by atoms with E-state index in [-0.39, 0.29) is 11.4 Å². The van der Waals surface area contributed by atoms with Crippen LogP contribution >= 0.6 is 27.7 Å². The highest BCUT2D eigenvalue weighted by atomic mass is 79.9. The van der Waals surface area contributed by atoms with Gasteiger partial charge in [0.25, 0.3) is 5.56 Å². The van der Waals surface area contributed by atoms with E-state index in [2.05, 4.69) is 25.9 Å². The van der Waals surface area contributed by atoms with Gasteiger partial charge in [0.15, 0.2) is 5.16 Å². The molecule has 1 aromatic heterocycles. The predicted octanol–water partition coefficient (Wildman–Crippen LogP) is 2.42. The molecule has 19 heavy (non-hydrogen) atoms. The summed E-state index contributed by atoms with van der Waals surface area (Å²) in [7, 11) is 1.62. The standard InChI is InChI=1S/C12H12BrN3O2S/c1-18-8-2-3-9(13)7(4-8)6-19-12-15-10(14)5-11(17)16-12/h2-5H,6H2,1H3,(H3,14,15,16,17). The molecule has 3 N–H and O–H groups in total. The molecule has 0 atom stereocenters. The number of methoxy groups -OCH3 is 1.